The Bertz CT molecular complexity index is 746. The number of hydrogen-bond acceptors (Lipinski definition) is 5. The molecule has 2 aromatic heterocycles. The molecule has 1 fully saturated rings. The van der Waals surface area contributed by atoms with Gasteiger partial charge < -0.3 is 14.7 Å². The number of likely N-dealkylation sites (tertiary alicyclic amines) is 1. The van der Waals surface area contributed by atoms with Crippen LogP contribution in [-0.4, -0.2) is 58.2 Å². The Morgan fingerprint density at radius 3 is 3.04 bits per heavy atom. The highest BCUT2D eigenvalue weighted by Crippen LogP contribution is 2.22. The summed E-state index contributed by atoms with van der Waals surface area (Å²) in [5.74, 6) is 0.648. The van der Waals surface area contributed by atoms with E-state index in [0.29, 0.717) is 30.9 Å². The molecule has 1 saturated heterocycles. The van der Waals surface area contributed by atoms with Gasteiger partial charge in [0.1, 0.15) is 5.69 Å². The topological polar surface area (TPSA) is 74.5 Å². The maximum atomic E-state index is 12.4. The highest BCUT2D eigenvalue weighted by Gasteiger charge is 2.24. The normalized spacial score (nSPS) is 17.6. The van der Waals surface area contributed by atoms with E-state index in [2.05, 4.69) is 34.2 Å². The SMILES string of the molecule is CC(C)N1CCCCC1CCNC(=O)N(C)Cc1cc(-c2cccnc2)no1. The Morgan fingerprint density at radius 2 is 2.29 bits per heavy atom. The molecule has 2 aromatic rings. The van der Waals surface area contributed by atoms with Crippen molar-refractivity contribution in [3.63, 3.8) is 0 Å². The maximum absolute atomic E-state index is 12.4. The minimum Gasteiger partial charge on any atom is -0.359 e. The number of amides is 2. The first-order chi connectivity index (χ1) is 13.5. The Kier molecular flexibility index (Phi) is 7.03. The second-order valence-corrected chi connectivity index (χ2v) is 7.78. The minimum atomic E-state index is -0.0914. The van der Waals surface area contributed by atoms with E-state index in [4.69, 9.17) is 4.52 Å². The third kappa shape index (κ3) is 5.32. The molecule has 1 N–H and O–H groups in total. The van der Waals surface area contributed by atoms with Crippen LogP contribution in [0.1, 0.15) is 45.3 Å². The number of nitrogens with zero attached hydrogens (tertiary/aromatic N) is 4. The van der Waals surface area contributed by atoms with Gasteiger partial charge in [0.15, 0.2) is 5.76 Å². The number of urea groups is 1. The molecule has 28 heavy (non-hydrogen) atoms. The zero-order chi connectivity index (χ0) is 19.9. The number of aromatic nitrogens is 2. The van der Waals surface area contributed by atoms with Crippen molar-refractivity contribution in [2.45, 2.75) is 58.2 Å². The van der Waals surface area contributed by atoms with Crippen molar-refractivity contribution in [3.05, 3.63) is 36.4 Å². The fourth-order valence-corrected chi connectivity index (χ4v) is 3.84. The number of rotatable bonds is 7. The lowest BCUT2D eigenvalue weighted by Gasteiger charge is -2.38. The van der Waals surface area contributed by atoms with Crippen molar-refractivity contribution in [3.8, 4) is 11.3 Å². The molecule has 2 amide bonds. The summed E-state index contributed by atoms with van der Waals surface area (Å²) in [6.45, 7) is 6.74. The van der Waals surface area contributed by atoms with Crippen LogP contribution in [0.25, 0.3) is 11.3 Å². The Morgan fingerprint density at radius 1 is 1.43 bits per heavy atom. The molecule has 0 radical (unpaired) electrons. The summed E-state index contributed by atoms with van der Waals surface area (Å²) in [6, 6.07) is 6.67. The van der Waals surface area contributed by atoms with E-state index in [1.54, 1.807) is 24.3 Å². The molecule has 1 atom stereocenters. The summed E-state index contributed by atoms with van der Waals surface area (Å²) in [7, 11) is 1.77. The van der Waals surface area contributed by atoms with E-state index in [0.717, 1.165) is 17.7 Å². The molecule has 152 valence electrons. The van der Waals surface area contributed by atoms with Gasteiger partial charge in [-0.1, -0.05) is 11.6 Å². The number of carbonyl (C=O) groups is 1. The van der Waals surface area contributed by atoms with E-state index >= 15 is 0 Å². The zero-order valence-corrected chi connectivity index (χ0v) is 17.1. The summed E-state index contributed by atoms with van der Waals surface area (Å²) in [4.78, 5) is 20.7. The van der Waals surface area contributed by atoms with Crippen LogP contribution in [-0.2, 0) is 6.54 Å². The summed E-state index contributed by atoms with van der Waals surface area (Å²) >= 11 is 0. The lowest BCUT2D eigenvalue weighted by molar-refractivity contribution is 0.105. The predicted octanol–water partition coefficient (Wildman–Crippen LogP) is 3.53. The van der Waals surface area contributed by atoms with Crippen LogP contribution in [0.3, 0.4) is 0 Å². The molecule has 0 saturated carbocycles. The molecule has 7 nitrogen and oxygen atoms in total. The minimum absolute atomic E-state index is 0.0914. The maximum Gasteiger partial charge on any atom is 0.317 e. The van der Waals surface area contributed by atoms with Crippen LogP contribution in [0.4, 0.5) is 4.79 Å². The molecule has 3 rings (SSSR count). The summed E-state index contributed by atoms with van der Waals surface area (Å²) in [5.41, 5.74) is 1.62. The molecule has 1 aliphatic rings. The largest absolute Gasteiger partial charge is 0.359 e. The molecule has 7 heteroatoms. The standard InChI is InChI=1S/C21H31N5O2/c1-16(2)26-12-5-4-8-18(26)9-11-23-21(27)25(3)15-19-13-20(24-28-19)17-7-6-10-22-14-17/h6-7,10,13-14,16,18H,4-5,8-9,11-12,15H2,1-3H3,(H,23,27). The molecule has 3 heterocycles. The second-order valence-electron chi connectivity index (χ2n) is 7.78. The number of piperidine rings is 1. The van der Waals surface area contributed by atoms with Crippen LogP contribution in [0.15, 0.2) is 35.1 Å². The lowest BCUT2D eigenvalue weighted by atomic mass is 9.98. The average molecular weight is 386 g/mol. The Hall–Kier alpha value is -2.41. The van der Waals surface area contributed by atoms with Crippen molar-refractivity contribution < 1.29 is 9.32 Å². The first-order valence-electron chi connectivity index (χ1n) is 10.2. The van der Waals surface area contributed by atoms with Gasteiger partial charge in [-0.15, -0.1) is 0 Å². The van der Waals surface area contributed by atoms with Gasteiger partial charge in [-0.25, -0.2) is 4.79 Å². The zero-order valence-electron chi connectivity index (χ0n) is 17.1. The third-order valence-electron chi connectivity index (χ3n) is 5.35. The van der Waals surface area contributed by atoms with Crippen molar-refractivity contribution in [2.24, 2.45) is 0 Å². The summed E-state index contributed by atoms with van der Waals surface area (Å²) < 4.78 is 5.37. The van der Waals surface area contributed by atoms with Gasteiger partial charge in [-0.05, 0) is 51.8 Å². The van der Waals surface area contributed by atoms with Crippen molar-refractivity contribution in [1.29, 1.82) is 0 Å². The van der Waals surface area contributed by atoms with Crippen LogP contribution >= 0.6 is 0 Å². The smallest absolute Gasteiger partial charge is 0.317 e. The van der Waals surface area contributed by atoms with Crippen LogP contribution in [0, 0.1) is 0 Å². The Labute approximate surface area is 167 Å². The van der Waals surface area contributed by atoms with Gasteiger partial charge >= 0.3 is 6.03 Å². The fraction of sp³-hybridized carbons (Fsp3) is 0.571. The fourth-order valence-electron chi connectivity index (χ4n) is 3.84. The molecule has 1 unspecified atom stereocenters. The van der Waals surface area contributed by atoms with Crippen LogP contribution in [0.2, 0.25) is 0 Å². The number of hydrogen-bond donors (Lipinski definition) is 1. The molecule has 0 aliphatic carbocycles. The lowest BCUT2D eigenvalue weighted by Crippen LogP contribution is -2.46. The second kappa shape index (κ2) is 9.68. The summed E-state index contributed by atoms with van der Waals surface area (Å²) in [5, 5.41) is 7.10. The molecule has 0 spiro atoms. The average Bonchev–Trinajstić information content (AvgIpc) is 3.17. The van der Waals surface area contributed by atoms with Gasteiger partial charge in [0.05, 0.1) is 6.54 Å². The van der Waals surface area contributed by atoms with Gasteiger partial charge in [0, 0.05) is 49.7 Å². The van der Waals surface area contributed by atoms with E-state index in [9.17, 15) is 4.79 Å². The van der Waals surface area contributed by atoms with Gasteiger partial charge in [-0.3, -0.25) is 9.88 Å². The van der Waals surface area contributed by atoms with Crippen molar-refractivity contribution in [1.82, 2.24) is 25.3 Å². The first-order valence-corrected chi connectivity index (χ1v) is 10.2. The van der Waals surface area contributed by atoms with E-state index in [1.807, 2.05) is 18.2 Å². The molecule has 0 bridgehead atoms. The van der Waals surface area contributed by atoms with E-state index in [-0.39, 0.29) is 6.03 Å². The van der Waals surface area contributed by atoms with Crippen LogP contribution < -0.4 is 5.32 Å². The van der Waals surface area contributed by atoms with Crippen LogP contribution in [0.5, 0.6) is 0 Å². The highest BCUT2D eigenvalue weighted by molar-refractivity contribution is 5.73. The number of pyridine rings is 1. The van der Waals surface area contributed by atoms with Gasteiger partial charge in [0.2, 0.25) is 0 Å². The van der Waals surface area contributed by atoms with Gasteiger partial charge in [0.25, 0.3) is 0 Å². The highest BCUT2D eigenvalue weighted by atomic mass is 16.5. The molecular formula is C21H31N5O2. The molecule has 0 aromatic carbocycles. The number of nitrogens with one attached hydrogen (secondary N) is 1. The van der Waals surface area contributed by atoms with Crippen molar-refractivity contribution >= 4 is 6.03 Å². The third-order valence-corrected chi connectivity index (χ3v) is 5.35. The quantitative estimate of drug-likeness (QED) is 0.789. The first kappa shape index (κ1) is 20.3. The van der Waals surface area contributed by atoms with E-state index < -0.39 is 0 Å². The number of carbonyl (C=O) groups excluding carboxylic acids is 1. The molecular weight excluding hydrogens is 354 g/mol. The summed E-state index contributed by atoms with van der Waals surface area (Å²) in [6.07, 6.45) is 8.23. The molecule has 1 aliphatic heterocycles. The van der Waals surface area contributed by atoms with E-state index in [1.165, 1.54) is 25.8 Å². The Balaban J connectivity index is 1.45. The predicted molar refractivity (Wildman–Crippen MR) is 109 cm³/mol. The van der Waals surface area contributed by atoms with Crippen molar-refractivity contribution in [2.75, 3.05) is 20.1 Å². The van der Waals surface area contributed by atoms with Gasteiger partial charge in [-0.2, -0.15) is 0 Å². The monoisotopic (exact) mass is 385 g/mol.